The fraction of sp³-hybridized carbons (Fsp3) is 0.357. The molecular formula is C28H33N5O4. The molecule has 0 radical (unpaired) electrons. The number of aryl methyl sites for hydroxylation is 1. The molecule has 37 heavy (non-hydrogen) atoms. The second-order valence-electron chi connectivity index (χ2n) is 10.1. The maximum Gasteiger partial charge on any atom is 0.330 e. The van der Waals surface area contributed by atoms with Gasteiger partial charge in [-0.1, -0.05) is 74.0 Å². The van der Waals surface area contributed by atoms with Crippen molar-refractivity contribution in [3.8, 4) is 0 Å². The van der Waals surface area contributed by atoms with Crippen LogP contribution in [0, 0.1) is 18.8 Å². The average Bonchev–Trinajstić information content (AvgIpc) is 3.22. The van der Waals surface area contributed by atoms with Crippen molar-refractivity contribution in [2.45, 2.75) is 40.3 Å². The number of H-pyrrole nitrogens is 1. The van der Waals surface area contributed by atoms with E-state index in [1.54, 1.807) is 4.90 Å². The molecule has 1 aliphatic rings. The molecule has 0 spiro atoms. The van der Waals surface area contributed by atoms with Gasteiger partial charge in [-0.3, -0.25) is 23.9 Å². The Morgan fingerprint density at radius 3 is 2.32 bits per heavy atom. The number of nitrogen functional groups attached to an aromatic ring is 1. The molecule has 1 aliphatic heterocycles. The van der Waals surface area contributed by atoms with Crippen LogP contribution in [-0.4, -0.2) is 39.4 Å². The van der Waals surface area contributed by atoms with Gasteiger partial charge in [0.2, 0.25) is 11.8 Å². The third-order valence-electron chi connectivity index (χ3n) is 6.54. The van der Waals surface area contributed by atoms with Gasteiger partial charge in [-0.2, -0.15) is 0 Å². The molecule has 0 saturated carbocycles. The molecule has 2 amide bonds. The van der Waals surface area contributed by atoms with Crippen LogP contribution in [0.5, 0.6) is 0 Å². The van der Waals surface area contributed by atoms with E-state index < -0.39 is 17.2 Å². The predicted octanol–water partition coefficient (Wildman–Crippen LogP) is 2.51. The van der Waals surface area contributed by atoms with Crippen LogP contribution in [0.3, 0.4) is 0 Å². The number of carbonyl (C=O) groups is 2. The molecule has 9 nitrogen and oxygen atoms in total. The Morgan fingerprint density at radius 1 is 1.03 bits per heavy atom. The van der Waals surface area contributed by atoms with Gasteiger partial charge in [0.25, 0.3) is 5.56 Å². The van der Waals surface area contributed by atoms with Crippen molar-refractivity contribution < 1.29 is 9.59 Å². The van der Waals surface area contributed by atoms with Crippen molar-refractivity contribution in [1.29, 1.82) is 0 Å². The summed E-state index contributed by atoms with van der Waals surface area (Å²) >= 11 is 0. The Bertz CT molecular complexity index is 1390. The standard InChI is InChI=1S/C28H33N5O4/c1-18(2)14-32(24-25(29)33(28(37)30-26(24)35)16-20-7-5-4-6-8-20)27(36)22-13-23(34)31(17-22)15-21-11-9-19(3)10-12-21/h4-12,18,22H,13-17,29H2,1-3H3,(H,30,35,37)/t22-/m0/s1. The number of rotatable bonds is 8. The van der Waals surface area contributed by atoms with E-state index in [1.807, 2.05) is 75.4 Å². The molecular weight excluding hydrogens is 470 g/mol. The summed E-state index contributed by atoms with van der Waals surface area (Å²) in [6.07, 6.45) is 0.0563. The van der Waals surface area contributed by atoms with E-state index in [0.717, 1.165) is 16.7 Å². The van der Waals surface area contributed by atoms with Crippen LogP contribution in [0.25, 0.3) is 0 Å². The molecule has 2 aromatic carbocycles. The number of likely N-dealkylation sites (tertiary alicyclic amines) is 1. The van der Waals surface area contributed by atoms with E-state index >= 15 is 0 Å². The molecule has 0 unspecified atom stereocenters. The fourth-order valence-corrected chi connectivity index (χ4v) is 4.64. The minimum absolute atomic E-state index is 0.0121. The van der Waals surface area contributed by atoms with Gasteiger partial charge in [0.1, 0.15) is 5.82 Å². The van der Waals surface area contributed by atoms with Crippen LogP contribution in [-0.2, 0) is 22.7 Å². The first kappa shape index (κ1) is 25.9. The van der Waals surface area contributed by atoms with Crippen molar-refractivity contribution >= 4 is 23.3 Å². The van der Waals surface area contributed by atoms with Gasteiger partial charge >= 0.3 is 5.69 Å². The van der Waals surface area contributed by atoms with Crippen molar-refractivity contribution in [2.75, 3.05) is 23.7 Å². The number of aromatic nitrogens is 2. The van der Waals surface area contributed by atoms with Crippen molar-refractivity contribution in [1.82, 2.24) is 14.5 Å². The lowest BCUT2D eigenvalue weighted by Crippen LogP contribution is -2.45. The SMILES string of the molecule is Cc1ccc(CN2C[C@@H](C(=O)N(CC(C)C)c3c(N)n(Cc4ccccc4)c(=O)[nH]c3=O)CC2=O)cc1. The van der Waals surface area contributed by atoms with E-state index in [0.29, 0.717) is 6.54 Å². The molecule has 0 aliphatic carbocycles. The van der Waals surface area contributed by atoms with Gasteiger partial charge in [0.05, 0.1) is 12.5 Å². The summed E-state index contributed by atoms with van der Waals surface area (Å²) in [5.41, 5.74) is 7.90. The Morgan fingerprint density at radius 2 is 1.68 bits per heavy atom. The van der Waals surface area contributed by atoms with E-state index in [4.69, 9.17) is 5.73 Å². The Kier molecular flexibility index (Phi) is 7.61. The van der Waals surface area contributed by atoms with Crippen molar-refractivity contribution in [3.63, 3.8) is 0 Å². The fourth-order valence-electron chi connectivity index (χ4n) is 4.64. The highest BCUT2D eigenvalue weighted by Crippen LogP contribution is 2.27. The molecule has 9 heteroatoms. The van der Waals surface area contributed by atoms with E-state index in [1.165, 1.54) is 9.47 Å². The lowest BCUT2D eigenvalue weighted by molar-refractivity contribution is -0.128. The smallest absolute Gasteiger partial charge is 0.330 e. The number of benzene rings is 2. The zero-order chi connectivity index (χ0) is 26.7. The first-order chi connectivity index (χ1) is 17.6. The second kappa shape index (κ2) is 10.9. The highest BCUT2D eigenvalue weighted by atomic mass is 16.2. The molecule has 2 heterocycles. The molecule has 1 atom stereocenters. The predicted molar refractivity (Wildman–Crippen MR) is 143 cm³/mol. The quantitative estimate of drug-likeness (QED) is 0.489. The summed E-state index contributed by atoms with van der Waals surface area (Å²) in [5, 5.41) is 0. The zero-order valence-electron chi connectivity index (χ0n) is 21.4. The van der Waals surface area contributed by atoms with Gasteiger partial charge in [0.15, 0.2) is 5.69 Å². The minimum atomic E-state index is -0.721. The Hall–Kier alpha value is -4.14. The molecule has 4 rings (SSSR count). The summed E-state index contributed by atoms with van der Waals surface area (Å²) in [4.78, 5) is 57.5. The topological polar surface area (TPSA) is 122 Å². The Balaban J connectivity index is 1.63. The first-order valence-electron chi connectivity index (χ1n) is 12.4. The highest BCUT2D eigenvalue weighted by Gasteiger charge is 2.38. The van der Waals surface area contributed by atoms with Gasteiger partial charge in [-0.25, -0.2) is 4.79 Å². The van der Waals surface area contributed by atoms with Crippen molar-refractivity contribution in [3.05, 3.63) is 92.1 Å². The number of anilines is 2. The third kappa shape index (κ3) is 5.82. The van der Waals surface area contributed by atoms with Crippen LogP contribution in [0.2, 0.25) is 0 Å². The molecule has 3 N–H and O–H groups in total. The van der Waals surface area contributed by atoms with Gasteiger partial charge in [-0.15, -0.1) is 0 Å². The molecule has 0 bridgehead atoms. The molecule has 194 valence electrons. The highest BCUT2D eigenvalue weighted by molar-refractivity contribution is 6.00. The number of aromatic amines is 1. The van der Waals surface area contributed by atoms with E-state index in [9.17, 15) is 19.2 Å². The monoisotopic (exact) mass is 503 g/mol. The van der Waals surface area contributed by atoms with Crippen LogP contribution in [0.4, 0.5) is 11.5 Å². The number of nitrogens with one attached hydrogen (secondary N) is 1. The number of amides is 2. The van der Waals surface area contributed by atoms with E-state index in [-0.39, 0.29) is 55.3 Å². The maximum absolute atomic E-state index is 13.8. The second-order valence-corrected chi connectivity index (χ2v) is 10.1. The van der Waals surface area contributed by atoms with E-state index in [2.05, 4.69) is 4.98 Å². The van der Waals surface area contributed by atoms with Crippen LogP contribution >= 0.6 is 0 Å². The number of carbonyl (C=O) groups excluding carboxylic acids is 2. The number of nitrogens with two attached hydrogens (primary N) is 1. The van der Waals surface area contributed by atoms with Gasteiger partial charge in [-0.05, 0) is 24.0 Å². The maximum atomic E-state index is 13.8. The molecule has 3 aromatic rings. The molecule has 1 fully saturated rings. The lowest BCUT2D eigenvalue weighted by atomic mass is 10.1. The normalized spacial score (nSPS) is 15.4. The van der Waals surface area contributed by atoms with Gasteiger partial charge in [0, 0.05) is 26.1 Å². The number of nitrogens with zero attached hydrogens (tertiary/aromatic N) is 3. The average molecular weight is 504 g/mol. The summed E-state index contributed by atoms with van der Waals surface area (Å²) in [7, 11) is 0. The third-order valence-corrected chi connectivity index (χ3v) is 6.54. The largest absolute Gasteiger partial charge is 0.383 e. The summed E-state index contributed by atoms with van der Waals surface area (Å²) in [6.45, 7) is 6.88. The zero-order valence-corrected chi connectivity index (χ0v) is 21.4. The Labute approximate surface area is 215 Å². The first-order valence-corrected chi connectivity index (χ1v) is 12.4. The molecule has 1 aromatic heterocycles. The van der Waals surface area contributed by atoms with Crippen LogP contribution in [0.15, 0.2) is 64.2 Å². The number of hydrogen-bond donors (Lipinski definition) is 2. The summed E-state index contributed by atoms with van der Waals surface area (Å²) in [5.74, 6) is -1.15. The molecule has 1 saturated heterocycles. The minimum Gasteiger partial charge on any atom is -0.383 e. The summed E-state index contributed by atoms with van der Waals surface area (Å²) < 4.78 is 1.26. The van der Waals surface area contributed by atoms with Crippen LogP contribution in [0.1, 0.15) is 37.0 Å². The summed E-state index contributed by atoms with van der Waals surface area (Å²) in [6, 6.07) is 17.2. The van der Waals surface area contributed by atoms with Crippen LogP contribution < -0.4 is 21.9 Å². The van der Waals surface area contributed by atoms with Gasteiger partial charge < -0.3 is 15.5 Å². The number of hydrogen-bond acceptors (Lipinski definition) is 5. The van der Waals surface area contributed by atoms with Crippen molar-refractivity contribution in [2.24, 2.45) is 11.8 Å². The lowest BCUT2D eigenvalue weighted by Gasteiger charge is -2.28.